The van der Waals surface area contributed by atoms with Crippen LogP contribution in [-0.2, 0) is 0 Å². The third kappa shape index (κ3) is 1.08. The maximum atomic E-state index is 12.8. The normalized spacial score (nSPS) is 22.2. The molecule has 1 saturated carbocycles. The van der Waals surface area contributed by atoms with Crippen LogP contribution in [0.4, 0.5) is 15.8 Å². The second-order valence-electron chi connectivity index (χ2n) is 4.56. The highest BCUT2D eigenvalue weighted by molar-refractivity contribution is 5.69. The third-order valence-corrected chi connectivity index (χ3v) is 3.34. The highest BCUT2D eigenvalue weighted by Gasteiger charge is 2.52. The number of rotatable bonds is 1. The molecule has 0 bridgehead atoms. The fourth-order valence-electron chi connectivity index (χ4n) is 2.24. The lowest BCUT2D eigenvalue weighted by atomic mass is 9.96. The summed E-state index contributed by atoms with van der Waals surface area (Å²) in [7, 11) is 0. The standard InChI is InChI=1S/C11H13FN2/c12-8-1-2-10(9(13)5-8)14-6-11(7-14)3-4-11/h1-2,5H,3-4,6-7,13H2. The number of hydrogen-bond donors (Lipinski definition) is 1. The fraction of sp³-hybridized carbons (Fsp3) is 0.455. The van der Waals surface area contributed by atoms with Crippen LogP contribution in [0.1, 0.15) is 12.8 Å². The second-order valence-corrected chi connectivity index (χ2v) is 4.56. The Morgan fingerprint density at radius 3 is 2.57 bits per heavy atom. The number of benzene rings is 1. The Bertz CT molecular complexity index is 377. The van der Waals surface area contributed by atoms with Crippen molar-refractivity contribution in [3.8, 4) is 0 Å². The zero-order valence-corrected chi connectivity index (χ0v) is 7.96. The Kier molecular flexibility index (Phi) is 1.39. The van der Waals surface area contributed by atoms with Gasteiger partial charge in [0, 0.05) is 18.5 Å². The molecule has 0 aromatic heterocycles. The molecule has 14 heavy (non-hydrogen) atoms. The van der Waals surface area contributed by atoms with Crippen LogP contribution in [0.5, 0.6) is 0 Å². The highest BCUT2D eigenvalue weighted by Crippen LogP contribution is 2.54. The lowest BCUT2D eigenvalue weighted by Gasteiger charge is -2.42. The van der Waals surface area contributed by atoms with Gasteiger partial charge in [-0.25, -0.2) is 4.39 Å². The zero-order chi connectivity index (χ0) is 9.76. The van der Waals surface area contributed by atoms with Gasteiger partial charge in [-0.1, -0.05) is 0 Å². The third-order valence-electron chi connectivity index (χ3n) is 3.34. The van der Waals surface area contributed by atoms with Gasteiger partial charge in [0.05, 0.1) is 11.4 Å². The molecule has 1 saturated heterocycles. The monoisotopic (exact) mass is 192 g/mol. The lowest BCUT2D eigenvalue weighted by Crippen LogP contribution is -2.48. The van der Waals surface area contributed by atoms with E-state index in [2.05, 4.69) is 4.90 Å². The van der Waals surface area contributed by atoms with Crippen molar-refractivity contribution in [3.63, 3.8) is 0 Å². The van der Waals surface area contributed by atoms with E-state index < -0.39 is 0 Å². The molecule has 0 unspecified atom stereocenters. The molecule has 1 aromatic rings. The zero-order valence-electron chi connectivity index (χ0n) is 7.96. The van der Waals surface area contributed by atoms with E-state index in [1.54, 1.807) is 6.07 Å². The maximum Gasteiger partial charge on any atom is 0.125 e. The Morgan fingerprint density at radius 1 is 1.29 bits per heavy atom. The van der Waals surface area contributed by atoms with Crippen molar-refractivity contribution in [2.45, 2.75) is 12.8 Å². The van der Waals surface area contributed by atoms with Gasteiger partial charge < -0.3 is 10.6 Å². The van der Waals surface area contributed by atoms with E-state index >= 15 is 0 Å². The largest absolute Gasteiger partial charge is 0.397 e. The summed E-state index contributed by atoms with van der Waals surface area (Å²) in [6.07, 6.45) is 2.70. The van der Waals surface area contributed by atoms with Crippen LogP contribution in [0.2, 0.25) is 0 Å². The maximum absolute atomic E-state index is 12.8. The van der Waals surface area contributed by atoms with Crippen LogP contribution in [-0.4, -0.2) is 13.1 Å². The SMILES string of the molecule is Nc1cc(F)ccc1N1CC2(CC2)C1. The fourth-order valence-corrected chi connectivity index (χ4v) is 2.24. The minimum atomic E-state index is -0.257. The Morgan fingerprint density at radius 2 is 2.00 bits per heavy atom. The van der Waals surface area contributed by atoms with Gasteiger partial charge >= 0.3 is 0 Å². The molecule has 2 aliphatic rings. The Labute approximate surface area is 82.5 Å². The predicted molar refractivity (Wildman–Crippen MR) is 54.7 cm³/mol. The first-order chi connectivity index (χ1) is 6.69. The van der Waals surface area contributed by atoms with Gasteiger partial charge in [-0.15, -0.1) is 0 Å². The Hall–Kier alpha value is -1.25. The molecule has 2 N–H and O–H groups in total. The number of hydrogen-bond acceptors (Lipinski definition) is 2. The summed E-state index contributed by atoms with van der Waals surface area (Å²) in [6.45, 7) is 2.20. The predicted octanol–water partition coefficient (Wildman–Crippen LogP) is 2.01. The molecule has 1 aromatic carbocycles. The molecule has 3 heteroatoms. The van der Waals surface area contributed by atoms with Crippen LogP contribution in [0.25, 0.3) is 0 Å². The van der Waals surface area contributed by atoms with Crippen molar-refractivity contribution in [2.24, 2.45) is 5.41 Å². The van der Waals surface area contributed by atoms with E-state index in [1.165, 1.54) is 25.0 Å². The molecule has 3 rings (SSSR count). The molecule has 1 aliphatic heterocycles. The number of anilines is 2. The average molecular weight is 192 g/mol. The molecule has 2 fully saturated rings. The minimum absolute atomic E-state index is 0.257. The van der Waals surface area contributed by atoms with Crippen molar-refractivity contribution >= 4 is 11.4 Å². The quantitative estimate of drug-likeness (QED) is 0.690. The van der Waals surface area contributed by atoms with Crippen molar-refractivity contribution < 1.29 is 4.39 Å². The van der Waals surface area contributed by atoms with E-state index in [0.29, 0.717) is 11.1 Å². The molecule has 0 amide bonds. The van der Waals surface area contributed by atoms with Gasteiger partial charge in [-0.3, -0.25) is 0 Å². The molecule has 74 valence electrons. The van der Waals surface area contributed by atoms with Gasteiger partial charge in [-0.05, 0) is 31.0 Å². The number of nitrogens with two attached hydrogens (primary N) is 1. The molecule has 2 nitrogen and oxygen atoms in total. The smallest absolute Gasteiger partial charge is 0.125 e. The van der Waals surface area contributed by atoms with Crippen molar-refractivity contribution in [1.82, 2.24) is 0 Å². The molecule has 1 aliphatic carbocycles. The van der Waals surface area contributed by atoms with Gasteiger partial charge in [0.25, 0.3) is 0 Å². The van der Waals surface area contributed by atoms with Gasteiger partial charge in [0.1, 0.15) is 5.82 Å². The van der Waals surface area contributed by atoms with Crippen LogP contribution in [0.15, 0.2) is 18.2 Å². The van der Waals surface area contributed by atoms with Crippen molar-refractivity contribution in [3.05, 3.63) is 24.0 Å². The van der Waals surface area contributed by atoms with E-state index in [4.69, 9.17) is 5.73 Å². The first-order valence-electron chi connectivity index (χ1n) is 4.99. The van der Waals surface area contributed by atoms with Crippen LogP contribution >= 0.6 is 0 Å². The highest BCUT2D eigenvalue weighted by atomic mass is 19.1. The summed E-state index contributed by atoms with van der Waals surface area (Å²) >= 11 is 0. The molecular weight excluding hydrogens is 179 g/mol. The van der Waals surface area contributed by atoms with E-state index in [1.807, 2.05) is 0 Å². The molecular formula is C11H13FN2. The van der Waals surface area contributed by atoms with Crippen molar-refractivity contribution in [1.29, 1.82) is 0 Å². The van der Waals surface area contributed by atoms with Crippen LogP contribution in [0, 0.1) is 11.2 Å². The first-order valence-corrected chi connectivity index (χ1v) is 4.99. The van der Waals surface area contributed by atoms with Crippen LogP contribution in [0.3, 0.4) is 0 Å². The molecule has 1 heterocycles. The van der Waals surface area contributed by atoms with Gasteiger partial charge in [-0.2, -0.15) is 0 Å². The summed E-state index contributed by atoms with van der Waals surface area (Å²) in [5.74, 6) is -0.257. The topological polar surface area (TPSA) is 29.3 Å². The summed E-state index contributed by atoms with van der Waals surface area (Å²) in [4.78, 5) is 2.24. The van der Waals surface area contributed by atoms with Crippen molar-refractivity contribution in [2.75, 3.05) is 23.7 Å². The second kappa shape index (κ2) is 2.41. The van der Waals surface area contributed by atoms with Gasteiger partial charge in [0.2, 0.25) is 0 Å². The number of nitrogens with zero attached hydrogens (tertiary/aromatic N) is 1. The van der Waals surface area contributed by atoms with Crippen LogP contribution < -0.4 is 10.6 Å². The number of halogens is 1. The lowest BCUT2D eigenvalue weighted by molar-refractivity contribution is 0.388. The summed E-state index contributed by atoms with van der Waals surface area (Å²) in [6, 6.07) is 4.65. The molecule has 1 spiro atoms. The van der Waals surface area contributed by atoms with E-state index in [0.717, 1.165) is 18.8 Å². The summed E-state index contributed by atoms with van der Waals surface area (Å²) < 4.78 is 12.8. The van der Waals surface area contributed by atoms with Gasteiger partial charge in [0.15, 0.2) is 0 Å². The molecule has 0 radical (unpaired) electrons. The average Bonchev–Trinajstić information content (AvgIpc) is 2.81. The minimum Gasteiger partial charge on any atom is -0.397 e. The van der Waals surface area contributed by atoms with E-state index in [-0.39, 0.29) is 5.82 Å². The summed E-state index contributed by atoms with van der Waals surface area (Å²) in [5, 5.41) is 0. The number of nitrogen functional groups attached to an aromatic ring is 1. The Balaban J connectivity index is 1.83. The van der Waals surface area contributed by atoms with E-state index in [9.17, 15) is 4.39 Å². The molecule has 0 atom stereocenters. The first kappa shape index (κ1) is 8.09. The summed E-state index contributed by atoms with van der Waals surface area (Å²) in [5.41, 5.74) is 7.92.